The monoisotopic (exact) mass is 252 g/mol. The highest BCUT2D eigenvalue weighted by Gasteiger charge is 2.74. The first-order valence-electron chi connectivity index (χ1n) is 8.28. The Morgan fingerprint density at radius 3 is 2.00 bits per heavy atom. The van der Waals surface area contributed by atoms with Gasteiger partial charge < -0.3 is 0 Å². The van der Waals surface area contributed by atoms with Gasteiger partial charge in [-0.2, -0.15) is 0 Å². The molecule has 0 saturated heterocycles. The molecule has 4 bridgehead atoms. The number of rotatable bonds is 1. The van der Waals surface area contributed by atoms with Crippen LogP contribution >= 0.6 is 0 Å². The lowest BCUT2D eigenvalue weighted by Gasteiger charge is -2.57. The maximum Gasteiger partial charge on any atom is -0.000747 e. The summed E-state index contributed by atoms with van der Waals surface area (Å²) in [5.74, 6) is 4.34. The van der Waals surface area contributed by atoms with Crippen LogP contribution < -0.4 is 0 Å². The molecule has 1 atom stereocenters. The molecule has 0 heterocycles. The fraction of sp³-hybridized carbons (Fsp3) is 0.684. The van der Waals surface area contributed by atoms with Crippen LogP contribution in [0.3, 0.4) is 0 Å². The molecule has 0 unspecified atom stereocenters. The van der Waals surface area contributed by atoms with Crippen LogP contribution in [0.5, 0.6) is 0 Å². The van der Waals surface area contributed by atoms with Gasteiger partial charge in [-0.15, -0.1) is 0 Å². The van der Waals surface area contributed by atoms with E-state index in [2.05, 4.69) is 37.3 Å². The highest BCUT2D eigenvalue weighted by Crippen LogP contribution is 2.80. The SMILES string of the molecule is C[C@@]1(c2ccccc2)CC12C1CC3CC(C1)CC2C3. The molecule has 0 nitrogen and oxygen atoms in total. The molecule has 0 aromatic heterocycles. The summed E-state index contributed by atoms with van der Waals surface area (Å²) in [5.41, 5.74) is 2.85. The van der Waals surface area contributed by atoms with Crippen molar-refractivity contribution in [2.24, 2.45) is 29.1 Å². The molecule has 5 aliphatic rings. The van der Waals surface area contributed by atoms with Gasteiger partial charge in [-0.1, -0.05) is 37.3 Å². The molecule has 19 heavy (non-hydrogen) atoms. The normalized spacial score (nSPS) is 53.7. The Morgan fingerprint density at radius 2 is 1.42 bits per heavy atom. The first-order valence-corrected chi connectivity index (χ1v) is 8.28. The third kappa shape index (κ3) is 1.18. The van der Waals surface area contributed by atoms with Crippen molar-refractivity contribution in [2.45, 2.75) is 50.9 Å². The average molecular weight is 252 g/mol. The number of benzene rings is 1. The molecule has 5 saturated carbocycles. The van der Waals surface area contributed by atoms with Crippen LogP contribution in [0.1, 0.15) is 51.0 Å². The first kappa shape index (κ1) is 10.9. The maximum absolute atomic E-state index is 2.57. The van der Waals surface area contributed by atoms with E-state index in [0.29, 0.717) is 10.8 Å². The Morgan fingerprint density at radius 1 is 0.842 bits per heavy atom. The summed E-state index contributed by atoms with van der Waals surface area (Å²) in [6.07, 6.45) is 9.32. The lowest BCUT2D eigenvalue weighted by atomic mass is 9.48. The van der Waals surface area contributed by atoms with Crippen LogP contribution in [0.2, 0.25) is 0 Å². The van der Waals surface area contributed by atoms with Gasteiger partial charge in [0.1, 0.15) is 0 Å². The minimum Gasteiger partial charge on any atom is -0.0622 e. The second-order valence-corrected chi connectivity index (χ2v) is 8.22. The summed E-state index contributed by atoms with van der Waals surface area (Å²) >= 11 is 0. The maximum atomic E-state index is 2.57. The summed E-state index contributed by atoms with van der Waals surface area (Å²) in [6.45, 7) is 2.57. The Hall–Kier alpha value is -0.780. The standard InChI is InChI=1S/C19H24/c1-18(15-5-3-2-4-6-15)12-19(18)16-8-13-7-14(10-16)11-17(19)9-13/h2-6,13-14,16-17H,7-12H2,1H3/t13?,14?,16?,17?,18-,19?/m0/s1. The van der Waals surface area contributed by atoms with Crippen molar-refractivity contribution >= 4 is 0 Å². The molecule has 6 rings (SSSR count). The van der Waals surface area contributed by atoms with Gasteiger partial charge in [-0.05, 0) is 78.6 Å². The van der Waals surface area contributed by atoms with Gasteiger partial charge in [-0.25, -0.2) is 0 Å². The van der Waals surface area contributed by atoms with E-state index in [1.807, 2.05) is 0 Å². The topological polar surface area (TPSA) is 0 Å². The zero-order valence-corrected chi connectivity index (χ0v) is 11.9. The molecular weight excluding hydrogens is 228 g/mol. The molecule has 1 aromatic rings. The lowest BCUT2D eigenvalue weighted by molar-refractivity contribution is -0.0626. The van der Waals surface area contributed by atoms with Crippen LogP contribution in [0.4, 0.5) is 0 Å². The largest absolute Gasteiger partial charge is 0.0622 e. The number of hydrogen-bond donors (Lipinski definition) is 0. The zero-order chi connectivity index (χ0) is 12.7. The predicted octanol–water partition coefficient (Wildman–Crippen LogP) is 4.79. The summed E-state index contributed by atoms with van der Waals surface area (Å²) in [5, 5.41) is 0. The van der Waals surface area contributed by atoms with Crippen LogP contribution in [0, 0.1) is 29.1 Å². The summed E-state index contributed by atoms with van der Waals surface area (Å²) < 4.78 is 0. The summed E-state index contributed by atoms with van der Waals surface area (Å²) in [6, 6.07) is 11.4. The second kappa shape index (κ2) is 3.27. The predicted molar refractivity (Wildman–Crippen MR) is 77.9 cm³/mol. The molecular formula is C19H24. The van der Waals surface area contributed by atoms with Gasteiger partial charge in [0.05, 0.1) is 0 Å². The Kier molecular flexibility index (Phi) is 1.88. The molecule has 100 valence electrons. The van der Waals surface area contributed by atoms with Gasteiger partial charge in [0.2, 0.25) is 0 Å². The zero-order valence-electron chi connectivity index (χ0n) is 11.9. The quantitative estimate of drug-likeness (QED) is 0.674. The van der Waals surface area contributed by atoms with E-state index in [-0.39, 0.29) is 0 Å². The van der Waals surface area contributed by atoms with Crippen LogP contribution in [-0.2, 0) is 5.41 Å². The molecule has 0 heteroatoms. The third-order valence-corrected chi connectivity index (χ3v) is 7.55. The van der Waals surface area contributed by atoms with Gasteiger partial charge in [0.15, 0.2) is 0 Å². The Bertz CT molecular complexity index is 486. The molecule has 1 aromatic carbocycles. The van der Waals surface area contributed by atoms with Crippen molar-refractivity contribution in [1.29, 1.82) is 0 Å². The minimum atomic E-state index is 0.511. The first-order chi connectivity index (χ1) is 9.22. The summed E-state index contributed by atoms with van der Waals surface area (Å²) in [4.78, 5) is 0. The molecule has 5 aliphatic carbocycles. The van der Waals surface area contributed by atoms with Crippen molar-refractivity contribution in [3.63, 3.8) is 0 Å². The van der Waals surface area contributed by atoms with E-state index in [1.165, 1.54) is 6.42 Å². The number of hydrogen-bond acceptors (Lipinski definition) is 0. The van der Waals surface area contributed by atoms with Crippen molar-refractivity contribution in [2.75, 3.05) is 0 Å². The third-order valence-electron chi connectivity index (χ3n) is 7.55. The smallest absolute Gasteiger partial charge is 0.000747 e. The Balaban J connectivity index is 1.57. The Labute approximate surface area is 116 Å². The van der Waals surface area contributed by atoms with Crippen LogP contribution in [0.25, 0.3) is 0 Å². The van der Waals surface area contributed by atoms with E-state index in [9.17, 15) is 0 Å². The lowest BCUT2D eigenvalue weighted by Crippen LogP contribution is -2.49. The van der Waals surface area contributed by atoms with Crippen molar-refractivity contribution in [3.05, 3.63) is 35.9 Å². The van der Waals surface area contributed by atoms with E-state index < -0.39 is 0 Å². The second-order valence-electron chi connectivity index (χ2n) is 8.22. The van der Waals surface area contributed by atoms with Gasteiger partial charge in [0.25, 0.3) is 0 Å². The molecule has 0 radical (unpaired) electrons. The van der Waals surface area contributed by atoms with E-state index in [0.717, 1.165) is 23.7 Å². The van der Waals surface area contributed by atoms with E-state index >= 15 is 0 Å². The van der Waals surface area contributed by atoms with Crippen LogP contribution in [0.15, 0.2) is 30.3 Å². The fourth-order valence-corrected chi connectivity index (χ4v) is 6.93. The highest BCUT2D eigenvalue weighted by atomic mass is 14.8. The van der Waals surface area contributed by atoms with Gasteiger partial charge in [-0.3, -0.25) is 0 Å². The minimum absolute atomic E-state index is 0.511. The van der Waals surface area contributed by atoms with Crippen molar-refractivity contribution in [1.82, 2.24) is 0 Å². The van der Waals surface area contributed by atoms with Gasteiger partial charge in [0, 0.05) is 0 Å². The average Bonchev–Trinajstić information content (AvgIpc) is 3.05. The molecule has 5 fully saturated rings. The summed E-state index contributed by atoms with van der Waals surface area (Å²) in [7, 11) is 0. The molecule has 0 N–H and O–H groups in total. The van der Waals surface area contributed by atoms with Gasteiger partial charge >= 0.3 is 0 Å². The van der Waals surface area contributed by atoms with Crippen LogP contribution in [-0.4, -0.2) is 0 Å². The molecule has 0 aliphatic heterocycles. The molecule has 1 spiro atoms. The molecule has 0 amide bonds. The van der Waals surface area contributed by atoms with Crippen molar-refractivity contribution < 1.29 is 0 Å². The van der Waals surface area contributed by atoms with Crippen molar-refractivity contribution in [3.8, 4) is 0 Å². The fourth-order valence-electron chi connectivity index (χ4n) is 6.93. The highest BCUT2D eigenvalue weighted by molar-refractivity contribution is 5.40. The van der Waals surface area contributed by atoms with E-state index in [4.69, 9.17) is 0 Å². The van der Waals surface area contributed by atoms with E-state index in [1.54, 1.807) is 37.7 Å².